The Balaban J connectivity index is 1.45. The van der Waals surface area contributed by atoms with Gasteiger partial charge in [-0.1, -0.05) is 12.5 Å². The van der Waals surface area contributed by atoms with Gasteiger partial charge in [0.2, 0.25) is 12.7 Å². The lowest BCUT2D eigenvalue weighted by molar-refractivity contribution is 0.174. The fourth-order valence-electron chi connectivity index (χ4n) is 3.99. The van der Waals surface area contributed by atoms with Crippen LogP contribution in [0, 0.1) is 0 Å². The summed E-state index contributed by atoms with van der Waals surface area (Å²) in [5.41, 5.74) is 1.58. The van der Waals surface area contributed by atoms with Gasteiger partial charge in [-0.15, -0.1) is 10.2 Å². The Morgan fingerprint density at radius 2 is 1.94 bits per heavy atom. The quantitative estimate of drug-likeness (QED) is 0.652. The molecule has 0 saturated carbocycles. The first-order chi connectivity index (χ1) is 15.7. The molecule has 0 saturated heterocycles. The van der Waals surface area contributed by atoms with Gasteiger partial charge in [-0.3, -0.25) is 9.47 Å². The number of fused-ring (bicyclic) bond motifs is 2. The number of methoxy groups -OCH3 is 1. The molecular weight excluding hydrogens is 410 g/mol. The van der Waals surface area contributed by atoms with Gasteiger partial charge in [-0.25, -0.2) is 4.79 Å². The Morgan fingerprint density at radius 3 is 2.78 bits per heavy atom. The lowest BCUT2D eigenvalue weighted by Gasteiger charge is -2.23. The molecule has 0 fully saturated rings. The fraction of sp³-hybridized carbons (Fsp3) is 0.348. The summed E-state index contributed by atoms with van der Waals surface area (Å²) in [5.74, 6) is 3.58. The molecule has 166 valence electrons. The number of nitrogens with zero attached hydrogens (tertiary/aromatic N) is 4. The standard InChI is InChI=1S/C23H25N5O4/c1-30-18-9-7-17(8-10-18)24-23(29)28(14-16-6-11-19-20(13-16)32-15-31-19)22-26-25-21-5-3-2-4-12-27(21)22/h6-11,13H,2-5,12,14-15H2,1H3,(H,24,29). The van der Waals surface area contributed by atoms with Crippen LogP contribution in [0.5, 0.6) is 17.2 Å². The molecule has 2 aliphatic rings. The van der Waals surface area contributed by atoms with E-state index in [0.29, 0.717) is 29.7 Å². The highest BCUT2D eigenvalue weighted by molar-refractivity contribution is 6.00. The van der Waals surface area contributed by atoms with E-state index in [1.807, 2.05) is 18.2 Å². The number of aromatic nitrogens is 3. The summed E-state index contributed by atoms with van der Waals surface area (Å²) in [6.07, 6.45) is 4.13. The number of amides is 2. The molecule has 9 heteroatoms. The van der Waals surface area contributed by atoms with Crippen LogP contribution in [0.4, 0.5) is 16.4 Å². The molecule has 9 nitrogen and oxygen atoms in total. The Labute approximate surface area is 185 Å². The van der Waals surface area contributed by atoms with E-state index in [4.69, 9.17) is 14.2 Å². The molecule has 5 rings (SSSR count). The summed E-state index contributed by atoms with van der Waals surface area (Å²) in [7, 11) is 1.61. The van der Waals surface area contributed by atoms with E-state index < -0.39 is 0 Å². The molecule has 2 amide bonds. The molecule has 3 heterocycles. The number of carbonyl (C=O) groups is 1. The Morgan fingerprint density at radius 1 is 1.09 bits per heavy atom. The van der Waals surface area contributed by atoms with Crippen molar-refractivity contribution in [3.8, 4) is 17.2 Å². The van der Waals surface area contributed by atoms with Gasteiger partial charge in [0.15, 0.2) is 11.5 Å². The van der Waals surface area contributed by atoms with Crippen LogP contribution in [0.3, 0.4) is 0 Å². The third-order valence-corrected chi connectivity index (χ3v) is 5.70. The minimum atomic E-state index is -0.285. The van der Waals surface area contributed by atoms with Gasteiger partial charge in [0.25, 0.3) is 0 Å². The SMILES string of the molecule is COc1ccc(NC(=O)N(Cc2ccc3c(c2)OCO3)c2nnc3n2CCCCC3)cc1. The number of hydrogen-bond donors (Lipinski definition) is 1. The maximum Gasteiger partial charge on any atom is 0.329 e. The fourth-order valence-corrected chi connectivity index (χ4v) is 3.99. The van der Waals surface area contributed by atoms with Crippen molar-refractivity contribution in [3.05, 3.63) is 53.9 Å². The maximum atomic E-state index is 13.4. The zero-order valence-corrected chi connectivity index (χ0v) is 17.9. The van der Waals surface area contributed by atoms with Crippen LogP contribution >= 0.6 is 0 Å². The molecule has 32 heavy (non-hydrogen) atoms. The van der Waals surface area contributed by atoms with Crippen LogP contribution in [0.2, 0.25) is 0 Å². The van der Waals surface area contributed by atoms with E-state index in [9.17, 15) is 4.79 Å². The molecule has 1 aromatic heterocycles. The molecule has 0 atom stereocenters. The number of anilines is 2. The normalized spacial score (nSPS) is 14.4. The van der Waals surface area contributed by atoms with Crippen LogP contribution in [0.15, 0.2) is 42.5 Å². The highest BCUT2D eigenvalue weighted by atomic mass is 16.7. The van der Waals surface area contributed by atoms with E-state index >= 15 is 0 Å². The second-order valence-electron chi connectivity index (χ2n) is 7.81. The number of rotatable bonds is 5. The van der Waals surface area contributed by atoms with Gasteiger partial charge < -0.3 is 19.5 Å². The topological polar surface area (TPSA) is 90.7 Å². The van der Waals surface area contributed by atoms with Crippen molar-refractivity contribution in [1.82, 2.24) is 14.8 Å². The summed E-state index contributed by atoms with van der Waals surface area (Å²) < 4.78 is 18.2. The first-order valence-corrected chi connectivity index (χ1v) is 10.7. The highest BCUT2D eigenvalue weighted by Gasteiger charge is 2.26. The van der Waals surface area contributed by atoms with Gasteiger partial charge >= 0.3 is 6.03 Å². The van der Waals surface area contributed by atoms with E-state index in [-0.39, 0.29) is 12.8 Å². The third-order valence-electron chi connectivity index (χ3n) is 5.70. The second kappa shape index (κ2) is 8.78. The van der Waals surface area contributed by atoms with E-state index in [0.717, 1.165) is 49.4 Å². The molecule has 0 radical (unpaired) electrons. The lowest BCUT2D eigenvalue weighted by atomic mass is 10.2. The molecule has 2 aliphatic heterocycles. The van der Waals surface area contributed by atoms with Crippen LogP contribution in [-0.4, -0.2) is 34.7 Å². The molecule has 2 aromatic carbocycles. The zero-order chi connectivity index (χ0) is 21.9. The predicted octanol–water partition coefficient (Wildman–Crippen LogP) is 3.98. The number of benzene rings is 2. The minimum absolute atomic E-state index is 0.206. The number of aryl methyl sites for hydroxylation is 1. The summed E-state index contributed by atoms with van der Waals surface area (Å²) in [6.45, 7) is 1.32. The molecular formula is C23H25N5O4. The highest BCUT2D eigenvalue weighted by Crippen LogP contribution is 2.33. The predicted molar refractivity (Wildman–Crippen MR) is 118 cm³/mol. The van der Waals surface area contributed by atoms with Gasteiger partial charge in [0.05, 0.1) is 13.7 Å². The Kier molecular flexibility index (Phi) is 5.53. The Bertz CT molecular complexity index is 1110. The second-order valence-corrected chi connectivity index (χ2v) is 7.81. The molecule has 0 bridgehead atoms. The summed E-state index contributed by atoms with van der Waals surface area (Å²) in [4.78, 5) is 15.1. The number of urea groups is 1. The van der Waals surface area contributed by atoms with Crippen molar-refractivity contribution < 1.29 is 19.0 Å². The number of hydrogen-bond acceptors (Lipinski definition) is 6. The van der Waals surface area contributed by atoms with Crippen LogP contribution in [0.25, 0.3) is 0 Å². The molecule has 1 N–H and O–H groups in total. The number of carbonyl (C=O) groups excluding carboxylic acids is 1. The van der Waals surface area contributed by atoms with Crippen LogP contribution in [-0.2, 0) is 19.5 Å². The van der Waals surface area contributed by atoms with Crippen molar-refractivity contribution in [2.24, 2.45) is 0 Å². The zero-order valence-electron chi connectivity index (χ0n) is 17.9. The maximum absolute atomic E-state index is 13.4. The molecule has 0 aliphatic carbocycles. The van der Waals surface area contributed by atoms with Gasteiger partial charge in [-0.05, 0) is 54.8 Å². The average molecular weight is 435 g/mol. The summed E-state index contributed by atoms with van der Waals surface area (Å²) in [6, 6.07) is 12.6. The monoisotopic (exact) mass is 435 g/mol. The summed E-state index contributed by atoms with van der Waals surface area (Å²) >= 11 is 0. The van der Waals surface area contributed by atoms with E-state index in [1.54, 1.807) is 36.3 Å². The van der Waals surface area contributed by atoms with Gasteiger partial charge in [0, 0.05) is 18.7 Å². The molecule has 0 spiro atoms. The smallest absolute Gasteiger partial charge is 0.329 e. The summed E-state index contributed by atoms with van der Waals surface area (Å²) in [5, 5.41) is 11.8. The van der Waals surface area contributed by atoms with E-state index in [1.165, 1.54) is 0 Å². The Hall–Kier alpha value is -3.75. The lowest BCUT2D eigenvalue weighted by Crippen LogP contribution is -2.36. The van der Waals surface area contributed by atoms with Crippen LogP contribution < -0.4 is 24.4 Å². The van der Waals surface area contributed by atoms with E-state index in [2.05, 4.69) is 20.1 Å². The van der Waals surface area contributed by atoms with Crippen molar-refractivity contribution in [1.29, 1.82) is 0 Å². The minimum Gasteiger partial charge on any atom is -0.497 e. The van der Waals surface area contributed by atoms with Gasteiger partial charge in [0.1, 0.15) is 11.6 Å². The average Bonchev–Trinajstić information content (AvgIpc) is 3.38. The van der Waals surface area contributed by atoms with Crippen molar-refractivity contribution >= 4 is 17.7 Å². The van der Waals surface area contributed by atoms with Crippen molar-refractivity contribution in [2.45, 2.75) is 38.8 Å². The first-order valence-electron chi connectivity index (χ1n) is 10.7. The largest absolute Gasteiger partial charge is 0.497 e. The van der Waals surface area contributed by atoms with Crippen molar-refractivity contribution in [2.75, 3.05) is 24.1 Å². The third kappa shape index (κ3) is 4.05. The molecule has 0 unspecified atom stereocenters. The number of ether oxygens (including phenoxy) is 3. The van der Waals surface area contributed by atoms with Crippen LogP contribution in [0.1, 0.15) is 30.7 Å². The van der Waals surface area contributed by atoms with Gasteiger partial charge in [-0.2, -0.15) is 0 Å². The van der Waals surface area contributed by atoms with Crippen molar-refractivity contribution in [3.63, 3.8) is 0 Å². The first kappa shape index (κ1) is 20.2. The molecule has 3 aromatic rings. The number of nitrogens with one attached hydrogen (secondary N) is 1.